The van der Waals surface area contributed by atoms with Crippen LogP contribution in [-0.4, -0.2) is 56.9 Å². The van der Waals surface area contributed by atoms with Crippen molar-refractivity contribution in [2.75, 3.05) is 49.1 Å². The quantitative estimate of drug-likeness (QED) is 0.508. The molecule has 0 atom stereocenters. The van der Waals surface area contributed by atoms with E-state index in [1.807, 2.05) is 23.1 Å². The van der Waals surface area contributed by atoms with E-state index in [0.29, 0.717) is 31.9 Å². The molecule has 0 aromatic heterocycles. The fourth-order valence-corrected chi connectivity index (χ4v) is 5.32. The number of nitro benzene ring substituents is 1. The Bertz CT molecular complexity index is 954. The number of non-ortho nitro benzene ring substituents is 1. The van der Waals surface area contributed by atoms with Gasteiger partial charge in [-0.25, -0.2) is 8.42 Å². The molecular weight excluding hydrogens is 392 g/mol. The molecule has 1 aliphatic rings. The number of nitrogens with zero attached hydrogens (tertiary/aromatic N) is 4. The van der Waals surface area contributed by atoms with Crippen LogP contribution in [0.15, 0.2) is 53.4 Å². The minimum absolute atomic E-state index is 0.00330. The summed E-state index contributed by atoms with van der Waals surface area (Å²) in [5, 5.41) is 11.3. The van der Waals surface area contributed by atoms with Gasteiger partial charge in [0.05, 0.1) is 10.6 Å². The van der Waals surface area contributed by atoms with Crippen molar-refractivity contribution in [3.63, 3.8) is 0 Å². The van der Waals surface area contributed by atoms with Crippen LogP contribution in [0.3, 0.4) is 0 Å². The van der Waals surface area contributed by atoms with Crippen LogP contribution in [0, 0.1) is 10.1 Å². The van der Waals surface area contributed by atoms with E-state index in [0.717, 1.165) is 18.8 Å². The van der Waals surface area contributed by atoms with Gasteiger partial charge in [0.15, 0.2) is 0 Å². The van der Waals surface area contributed by atoms with Crippen LogP contribution in [-0.2, 0) is 10.0 Å². The summed E-state index contributed by atoms with van der Waals surface area (Å²) < 4.78 is 27.7. The van der Waals surface area contributed by atoms with Crippen LogP contribution >= 0.6 is 0 Å². The highest BCUT2D eigenvalue weighted by Crippen LogP contribution is 2.32. The van der Waals surface area contributed by atoms with E-state index < -0.39 is 14.9 Å². The standard InChI is InChI=1S/C20H26N4O4S/c1-3-23(4-2)29(27,28)20-16-18(24(25)26)10-11-19(20)22-14-12-21(13-15-22)17-8-6-5-7-9-17/h5-11,16H,3-4,12-15H2,1-2H3. The Labute approximate surface area is 171 Å². The third-order valence-corrected chi connectivity index (χ3v) is 7.30. The number of piperazine rings is 1. The Balaban J connectivity index is 1.92. The van der Waals surface area contributed by atoms with E-state index >= 15 is 0 Å². The zero-order valence-electron chi connectivity index (χ0n) is 16.7. The molecule has 8 nitrogen and oxygen atoms in total. The Morgan fingerprint density at radius 3 is 2.10 bits per heavy atom. The first-order valence-corrected chi connectivity index (χ1v) is 11.2. The summed E-state index contributed by atoms with van der Waals surface area (Å²) in [6.45, 7) is 6.89. The molecule has 0 unspecified atom stereocenters. The first-order valence-electron chi connectivity index (χ1n) is 9.72. The molecule has 0 aliphatic carbocycles. The van der Waals surface area contributed by atoms with Crippen LogP contribution in [0.4, 0.5) is 17.1 Å². The van der Waals surface area contributed by atoms with Crippen molar-refractivity contribution in [2.24, 2.45) is 0 Å². The lowest BCUT2D eigenvalue weighted by Gasteiger charge is -2.38. The molecule has 0 radical (unpaired) electrons. The van der Waals surface area contributed by atoms with E-state index in [-0.39, 0.29) is 10.6 Å². The number of rotatable bonds is 7. The summed E-state index contributed by atoms with van der Waals surface area (Å²) >= 11 is 0. The van der Waals surface area contributed by atoms with Crippen LogP contribution < -0.4 is 9.80 Å². The lowest BCUT2D eigenvalue weighted by molar-refractivity contribution is -0.385. The molecule has 2 aromatic carbocycles. The van der Waals surface area contributed by atoms with Crippen LogP contribution in [0.2, 0.25) is 0 Å². The van der Waals surface area contributed by atoms with E-state index in [4.69, 9.17) is 0 Å². The Hall–Kier alpha value is -2.65. The summed E-state index contributed by atoms with van der Waals surface area (Å²) in [4.78, 5) is 14.9. The zero-order valence-corrected chi connectivity index (χ0v) is 17.5. The highest BCUT2D eigenvalue weighted by molar-refractivity contribution is 7.89. The van der Waals surface area contributed by atoms with Crippen molar-refractivity contribution in [2.45, 2.75) is 18.7 Å². The number of hydrogen-bond donors (Lipinski definition) is 0. The molecule has 0 N–H and O–H groups in total. The van der Waals surface area contributed by atoms with Gasteiger partial charge in [0.1, 0.15) is 4.90 Å². The maximum atomic E-state index is 13.2. The third-order valence-electron chi connectivity index (χ3n) is 5.22. The van der Waals surface area contributed by atoms with Gasteiger partial charge in [-0.3, -0.25) is 10.1 Å². The number of anilines is 2. The van der Waals surface area contributed by atoms with Gasteiger partial charge in [0.2, 0.25) is 10.0 Å². The molecule has 0 bridgehead atoms. The smallest absolute Gasteiger partial charge is 0.270 e. The van der Waals surface area contributed by atoms with Crippen LogP contribution in [0.5, 0.6) is 0 Å². The first-order chi connectivity index (χ1) is 13.9. The molecule has 9 heteroatoms. The summed E-state index contributed by atoms with van der Waals surface area (Å²) in [5.74, 6) is 0. The topological polar surface area (TPSA) is 87.0 Å². The van der Waals surface area contributed by atoms with E-state index in [2.05, 4.69) is 17.0 Å². The van der Waals surface area contributed by atoms with E-state index in [1.165, 1.54) is 16.4 Å². The molecule has 156 valence electrons. The third kappa shape index (κ3) is 4.35. The number of hydrogen-bond acceptors (Lipinski definition) is 6. The van der Waals surface area contributed by atoms with Gasteiger partial charge in [-0.15, -0.1) is 0 Å². The minimum Gasteiger partial charge on any atom is -0.368 e. The fraction of sp³-hybridized carbons (Fsp3) is 0.400. The fourth-order valence-electron chi connectivity index (χ4n) is 3.63. The maximum absolute atomic E-state index is 13.2. The average molecular weight is 419 g/mol. The molecule has 0 spiro atoms. The number of para-hydroxylation sites is 1. The van der Waals surface area contributed by atoms with Gasteiger partial charge in [0.25, 0.3) is 5.69 Å². The first kappa shape index (κ1) is 21.1. The predicted molar refractivity (Wildman–Crippen MR) is 114 cm³/mol. The molecule has 0 saturated carbocycles. The molecule has 29 heavy (non-hydrogen) atoms. The van der Waals surface area contributed by atoms with Gasteiger partial charge in [-0.05, 0) is 18.2 Å². The van der Waals surface area contributed by atoms with Crippen LogP contribution in [0.1, 0.15) is 13.8 Å². The second-order valence-corrected chi connectivity index (χ2v) is 8.71. The normalized spacial score (nSPS) is 15.0. The molecule has 0 amide bonds. The van der Waals surface area contributed by atoms with E-state index in [1.54, 1.807) is 19.9 Å². The van der Waals surface area contributed by atoms with Crippen molar-refractivity contribution in [1.82, 2.24) is 4.31 Å². The highest BCUT2D eigenvalue weighted by atomic mass is 32.2. The van der Waals surface area contributed by atoms with Crippen molar-refractivity contribution < 1.29 is 13.3 Å². The molecular formula is C20H26N4O4S. The number of sulfonamides is 1. The molecule has 1 heterocycles. The Morgan fingerprint density at radius 1 is 0.966 bits per heavy atom. The zero-order chi connectivity index (χ0) is 21.0. The summed E-state index contributed by atoms with van der Waals surface area (Å²) in [6.07, 6.45) is 0. The molecule has 1 saturated heterocycles. The van der Waals surface area contributed by atoms with Crippen molar-refractivity contribution in [1.29, 1.82) is 0 Å². The van der Waals surface area contributed by atoms with Crippen molar-refractivity contribution in [3.05, 3.63) is 58.6 Å². The monoisotopic (exact) mass is 418 g/mol. The van der Waals surface area contributed by atoms with Gasteiger partial charge in [0, 0.05) is 57.1 Å². The minimum atomic E-state index is -3.83. The molecule has 1 fully saturated rings. The van der Waals surface area contributed by atoms with Gasteiger partial charge in [-0.2, -0.15) is 4.31 Å². The lowest BCUT2D eigenvalue weighted by Crippen LogP contribution is -2.47. The molecule has 2 aromatic rings. The number of nitro groups is 1. The Morgan fingerprint density at radius 2 is 1.55 bits per heavy atom. The van der Waals surface area contributed by atoms with Gasteiger partial charge < -0.3 is 9.80 Å². The highest BCUT2D eigenvalue weighted by Gasteiger charge is 2.30. The summed E-state index contributed by atoms with van der Waals surface area (Å²) in [7, 11) is -3.83. The lowest BCUT2D eigenvalue weighted by atomic mass is 10.2. The summed E-state index contributed by atoms with van der Waals surface area (Å²) in [5.41, 5.74) is 1.43. The second kappa shape index (κ2) is 8.79. The van der Waals surface area contributed by atoms with Crippen molar-refractivity contribution in [3.8, 4) is 0 Å². The summed E-state index contributed by atoms with van der Waals surface area (Å²) in [6, 6.07) is 14.2. The molecule has 1 aliphatic heterocycles. The van der Waals surface area contributed by atoms with Gasteiger partial charge in [-0.1, -0.05) is 32.0 Å². The average Bonchev–Trinajstić information content (AvgIpc) is 2.74. The maximum Gasteiger partial charge on any atom is 0.270 e. The second-order valence-electron chi connectivity index (χ2n) is 6.81. The number of benzene rings is 2. The molecule has 3 rings (SSSR count). The van der Waals surface area contributed by atoms with Crippen molar-refractivity contribution >= 4 is 27.1 Å². The Kier molecular flexibility index (Phi) is 6.39. The van der Waals surface area contributed by atoms with Crippen LogP contribution in [0.25, 0.3) is 0 Å². The van der Waals surface area contributed by atoms with E-state index in [9.17, 15) is 18.5 Å². The predicted octanol–water partition coefficient (Wildman–Crippen LogP) is 2.95. The van der Waals surface area contributed by atoms with Gasteiger partial charge >= 0.3 is 0 Å². The SMILES string of the molecule is CCN(CC)S(=O)(=O)c1cc([N+](=O)[O-])ccc1N1CCN(c2ccccc2)CC1. The largest absolute Gasteiger partial charge is 0.368 e.